The van der Waals surface area contributed by atoms with Crippen molar-refractivity contribution in [1.29, 1.82) is 0 Å². The molecule has 0 bridgehead atoms. The summed E-state index contributed by atoms with van der Waals surface area (Å²) >= 11 is 0. The van der Waals surface area contributed by atoms with Crippen LogP contribution in [0, 0.1) is 11.8 Å². The number of rotatable bonds is 5. The van der Waals surface area contributed by atoms with Gasteiger partial charge in [-0.3, -0.25) is 4.90 Å². The lowest BCUT2D eigenvalue weighted by Gasteiger charge is -2.18. The van der Waals surface area contributed by atoms with Gasteiger partial charge in [0.05, 0.1) is 6.61 Å². The van der Waals surface area contributed by atoms with Crippen LogP contribution in [0.5, 0.6) is 0 Å². The highest BCUT2D eigenvalue weighted by atomic mass is 16.3. The first kappa shape index (κ1) is 13.7. The molecule has 1 rings (SSSR count). The predicted molar refractivity (Wildman–Crippen MR) is 68.4 cm³/mol. The minimum absolute atomic E-state index is 0.109. The molecule has 1 aromatic carbocycles. The van der Waals surface area contributed by atoms with Crippen molar-refractivity contribution in [3.05, 3.63) is 35.4 Å². The van der Waals surface area contributed by atoms with Crippen molar-refractivity contribution in [2.45, 2.75) is 13.5 Å². The van der Waals surface area contributed by atoms with Gasteiger partial charge < -0.3 is 10.2 Å². The van der Waals surface area contributed by atoms with Crippen LogP contribution in [-0.4, -0.2) is 41.4 Å². The standard InChI is InChI=1S/C14H19NO2/c1-2-15(9-11-17)12-14-7-5-13(6-8-14)4-3-10-16/h5-8,16-17H,2,9-12H2,1H3. The molecule has 2 N–H and O–H groups in total. The Kier molecular flexibility index (Phi) is 6.34. The van der Waals surface area contributed by atoms with Crippen molar-refractivity contribution in [2.24, 2.45) is 0 Å². The summed E-state index contributed by atoms with van der Waals surface area (Å²) in [6, 6.07) is 7.96. The van der Waals surface area contributed by atoms with E-state index >= 15 is 0 Å². The zero-order valence-corrected chi connectivity index (χ0v) is 10.2. The Labute approximate surface area is 103 Å². The Morgan fingerprint density at radius 3 is 2.41 bits per heavy atom. The molecule has 0 aliphatic rings. The molecule has 0 fully saturated rings. The quantitative estimate of drug-likeness (QED) is 0.741. The molecule has 0 radical (unpaired) electrons. The van der Waals surface area contributed by atoms with E-state index in [4.69, 9.17) is 10.2 Å². The summed E-state index contributed by atoms with van der Waals surface area (Å²) in [5.41, 5.74) is 2.11. The molecular formula is C14H19NO2. The highest BCUT2D eigenvalue weighted by Crippen LogP contribution is 2.06. The van der Waals surface area contributed by atoms with Crippen molar-refractivity contribution < 1.29 is 10.2 Å². The predicted octanol–water partition coefficient (Wildman–Crippen LogP) is 0.845. The maximum atomic E-state index is 8.90. The average Bonchev–Trinajstić information content (AvgIpc) is 2.37. The lowest BCUT2D eigenvalue weighted by atomic mass is 10.1. The molecular weight excluding hydrogens is 214 g/mol. The summed E-state index contributed by atoms with van der Waals surface area (Å²) in [7, 11) is 0. The van der Waals surface area contributed by atoms with Gasteiger partial charge in [-0.15, -0.1) is 0 Å². The third-order valence-corrected chi connectivity index (χ3v) is 2.54. The summed E-state index contributed by atoms with van der Waals surface area (Å²) in [6.45, 7) is 4.62. The van der Waals surface area contributed by atoms with E-state index in [0.29, 0.717) is 6.54 Å². The van der Waals surface area contributed by atoms with Crippen LogP contribution in [0.3, 0.4) is 0 Å². The minimum Gasteiger partial charge on any atom is -0.395 e. The Morgan fingerprint density at radius 1 is 1.18 bits per heavy atom. The second-order valence-electron chi connectivity index (χ2n) is 3.75. The third kappa shape index (κ3) is 5.01. The van der Waals surface area contributed by atoms with Crippen LogP contribution in [0.15, 0.2) is 24.3 Å². The molecule has 0 saturated heterocycles. The van der Waals surface area contributed by atoms with Crippen LogP contribution in [0.4, 0.5) is 0 Å². The molecule has 0 spiro atoms. The molecule has 0 aromatic heterocycles. The average molecular weight is 233 g/mol. The van der Waals surface area contributed by atoms with E-state index in [-0.39, 0.29) is 13.2 Å². The van der Waals surface area contributed by atoms with Crippen LogP contribution in [0.1, 0.15) is 18.1 Å². The van der Waals surface area contributed by atoms with Gasteiger partial charge in [0.25, 0.3) is 0 Å². The maximum Gasteiger partial charge on any atom is 0.104 e. The zero-order valence-electron chi connectivity index (χ0n) is 10.2. The topological polar surface area (TPSA) is 43.7 Å². The van der Waals surface area contributed by atoms with Crippen LogP contribution in [-0.2, 0) is 6.54 Å². The van der Waals surface area contributed by atoms with Crippen molar-refractivity contribution in [3.63, 3.8) is 0 Å². The molecule has 1 aromatic rings. The molecule has 92 valence electrons. The molecule has 0 unspecified atom stereocenters. The molecule has 3 nitrogen and oxygen atoms in total. The number of aliphatic hydroxyl groups excluding tert-OH is 2. The van der Waals surface area contributed by atoms with Gasteiger partial charge in [0.15, 0.2) is 0 Å². The Bertz CT molecular complexity index is 375. The third-order valence-electron chi connectivity index (χ3n) is 2.54. The van der Waals surface area contributed by atoms with Crippen molar-refractivity contribution in [3.8, 4) is 11.8 Å². The van der Waals surface area contributed by atoms with Gasteiger partial charge in [0.1, 0.15) is 6.61 Å². The second kappa shape index (κ2) is 7.86. The number of hydrogen-bond donors (Lipinski definition) is 2. The summed E-state index contributed by atoms with van der Waals surface area (Å²) in [4.78, 5) is 2.18. The molecule has 0 aliphatic carbocycles. The minimum atomic E-state index is -0.109. The Hall–Kier alpha value is -1.34. The normalized spacial score (nSPS) is 10.1. The van der Waals surface area contributed by atoms with E-state index in [0.717, 1.165) is 18.7 Å². The highest BCUT2D eigenvalue weighted by Gasteiger charge is 2.02. The van der Waals surface area contributed by atoms with Gasteiger partial charge in [-0.05, 0) is 24.2 Å². The van der Waals surface area contributed by atoms with E-state index in [1.807, 2.05) is 24.3 Å². The first-order chi connectivity index (χ1) is 8.30. The number of likely N-dealkylation sites (N-methyl/N-ethyl adjacent to an activating group) is 1. The molecule has 0 atom stereocenters. The van der Waals surface area contributed by atoms with Gasteiger partial charge in [-0.2, -0.15) is 0 Å². The Morgan fingerprint density at radius 2 is 1.88 bits per heavy atom. The molecule has 0 amide bonds. The SMILES string of the molecule is CCN(CCO)Cc1ccc(C#CCO)cc1. The van der Waals surface area contributed by atoms with E-state index < -0.39 is 0 Å². The molecule has 0 heterocycles. The number of hydrogen-bond acceptors (Lipinski definition) is 3. The van der Waals surface area contributed by atoms with Gasteiger partial charge in [-0.1, -0.05) is 30.9 Å². The summed E-state index contributed by atoms with van der Waals surface area (Å²) in [5.74, 6) is 5.48. The van der Waals surface area contributed by atoms with Crippen LogP contribution >= 0.6 is 0 Å². The van der Waals surface area contributed by atoms with Crippen molar-refractivity contribution in [2.75, 3.05) is 26.3 Å². The largest absolute Gasteiger partial charge is 0.395 e. The van der Waals surface area contributed by atoms with Gasteiger partial charge in [0.2, 0.25) is 0 Å². The zero-order chi connectivity index (χ0) is 12.5. The Balaban J connectivity index is 2.61. The van der Waals surface area contributed by atoms with Gasteiger partial charge >= 0.3 is 0 Å². The fourth-order valence-electron chi connectivity index (χ4n) is 1.58. The van der Waals surface area contributed by atoms with Crippen LogP contribution in [0.2, 0.25) is 0 Å². The monoisotopic (exact) mass is 233 g/mol. The molecule has 0 saturated carbocycles. The van der Waals surface area contributed by atoms with Crippen LogP contribution < -0.4 is 0 Å². The summed E-state index contributed by atoms with van der Waals surface area (Å²) in [5, 5.41) is 17.5. The van der Waals surface area contributed by atoms with E-state index in [1.54, 1.807) is 0 Å². The van der Waals surface area contributed by atoms with E-state index in [9.17, 15) is 0 Å². The maximum absolute atomic E-state index is 8.90. The van der Waals surface area contributed by atoms with Gasteiger partial charge in [0, 0.05) is 18.7 Å². The van der Waals surface area contributed by atoms with E-state index in [2.05, 4.69) is 23.7 Å². The van der Waals surface area contributed by atoms with E-state index in [1.165, 1.54) is 5.56 Å². The smallest absolute Gasteiger partial charge is 0.104 e. The van der Waals surface area contributed by atoms with Crippen molar-refractivity contribution in [1.82, 2.24) is 4.90 Å². The summed E-state index contributed by atoms with van der Waals surface area (Å²) < 4.78 is 0. The second-order valence-corrected chi connectivity index (χ2v) is 3.75. The number of nitrogens with zero attached hydrogens (tertiary/aromatic N) is 1. The highest BCUT2D eigenvalue weighted by molar-refractivity contribution is 5.36. The molecule has 0 aliphatic heterocycles. The fraction of sp³-hybridized carbons (Fsp3) is 0.429. The first-order valence-electron chi connectivity index (χ1n) is 5.82. The fourth-order valence-corrected chi connectivity index (χ4v) is 1.58. The van der Waals surface area contributed by atoms with Crippen molar-refractivity contribution >= 4 is 0 Å². The summed E-state index contributed by atoms with van der Waals surface area (Å²) in [6.07, 6.45) is 0. The number of aliphatic hydroxyl groups is 2. The molecule has 17 heavy (non-hydrogen) atoms. The lowest BCUT2D eigenvalue weighted by molar-refractivity contribution is 0.197. The molecule has 3 heteroatoms. The lowest BCUT2D eigenvalue weighted by Crippen LogP contribution is -2.25. The van der Waals surface area contributed by atoms with Crippen LogP contribution in [0.25, 0.3) is 0 Å². The number of benzene rings is 1. The van der Waals surface area contributed by atoms with Gasteiger partial charge in [-0.25, -0.2) is 0 Å². The first-order valence-corrected chi connectivity index (χ1v) is 5.82.